The summed E-state index contributed by atoms with van der Waals surface area (Å²) in [6.45, 7) is 2.23. The second kappa shape index (κ2) is 7.87. The summed E-state index contributed by atoms with van der Waals surface area (Å²) in [5.74, 6) is -0.298. The molecule has 0 bridgehead atoms. The number of rotatable bonds is 4. The minimum absolute atomic E-state index is 0.274. The van der Waals surface area contributed by atoms with Gasteiger partial charge in [0.25, 0.3) is 0 Å². The van der Waals surface area contributed by atoms with Gasteiger partial charge in [0.05, 0.1) is 5.69 Å². The number of hydrogen-bond acceptors (Lipinski definition) is 2. The highest BCUT2D eigenvalue weighted by atomic mass is 79.9. The van der Waals surface area contributed by atoms with Gasteiger partial charge in [0.15, 0.2) is 0 Å². The Morgan fingerprint density at radius 1 is 1.24 bits per heavy atom. The lowest BCUT2D eigenvalue weighted by Gasteiger charge is -2.21. The predicted molar refractivity (Wildman–Crippen MR) is 102 cm³/mol. The fourth-order valence-electron chi connectivity index (χ4n) is 2.97. The van der Waals surface area contributed by atoms with Crippen LogP contribution in [0.25, 0.3) is 0 Å². The molecule has 0 saturated carbocycles. The topological polar surface area (TPSA) is 35.6 Å². The summed E-state index contributed by atoms with van der Waals surface area (Å²) >= 11 is 3.48. The first kappa shape index (κ1) is 17.7. The van der Waals surface area contributed by atoms with Crippen LogP contribution >= 0.6 is 15.9 Å². The van der Waals surface area contributed by atoms with Gasteiger partial charge in [-0.2, -0.15) is 0 Å². The van der Waals surface area contributed by atoms with Crippen molar-refractivity contribution in [2.45, 2.75) is 19.4 Å². The van der Waals surface area contributed by atoms with Crippen LogP contribution in [0.4, 0.5) is 20.6 Å². The molecule has 0 unspecified atom stereocenters. The number of carbonyl (C=O) groups is 1. The summed E-state index contributed by atoms with van der Waals surface area (Å²) in [4.78, 5) is 16.0. The van der Waals surface area contributed by atoms with E-state index in [0.717, 1.165) is 36.0 Å². The molecule has 0 atom stereocenters. The molecule has 0 radical (unpaired) electrons. The van der Waals surface area contributed by atoms with E-state index in [2.05, 4.69) is 21.2 Å². The van der Waals surface area contributed by atoms with E-state index in [1.165, 1.54) is 6.07 Å². The number of anilines is 2. The second-order valence-corrected chi connectivity index (χ2v) is 7.09. The Bertz CT molecular complexity index is 762. The number of amides is 2. The Kier molecular flexibility index (Phi) is 5.58. The van der Waals surface area contributed by atoms with Gasteiger partial charge in [-0.3, -0.25) is 0 Å². The number of halogens is 2. The van der Waals surface area contributed by atoms with Crippen molar-refractivity contribution in [3.63, 3.8) is 0 Å². The molecular weight excluding hydrogens is 385 g/mol. The van der Waals surface area contributed by atoms with Gasteiger partial charge in [-0.05, 0) is 42.7 Å². The highest BCUT2D eigenvalue weighted by Crippen LogP contribution is 2.26. The third kappa shape index (κ3) is 4.31. The fourth-order valence-corrected chi connectivity index (χ4v) is 3.38. The smallest absolute Gasteiger partial charge is 0.321 e. The fraction of sp³-hybridized carbons (Fsp3) is 0.316. The molecule has 6 heteroatoms. The largest absolute Gasteiger partial charge is 0.369 e. The first-order chi connectivity index (χ1) is 12.0. The zero-order chi connectivity index (χ0) is 17.8. The molecule has 1 aliphatic rings. The van der Waals surface area contributed by atoms with E-state index < -0.39 is 0 Å². The van der Waals surface area contributed by atoms with Crippen molar-refractivity contribution >= 4 is 33.3 Å². The molecule has 25 heavy (non-hydrogen) atoms. The van der Waals surface area contributed by atoms with E-state index in [0.29, 0.717) is 17.9 Å². The van der Waals surface area contributed by atoms with E-state index >= 15 is 0 Å². The lowest BCUT2D eigenvalue weighted by Crippen LogP contribution is -2.31. The Hall–Kier alpha value is -2.08. The standard InChI is InChI=1S/C19H21BrFN3O/c1-23(13-14-6-2-3-7-16(14)20)19(25)22-15-8-9-18(17(21)12-15)24-10-4-5-11-24/h2-3,6-9,12H,4-5,10-11,13H2,1H3,(H,22,25). The molecule has 0 spiro atoms. The van der Waals surface area contributed by atoms with Crippen molar-refractivity contribution in [2.75, 3.05) is 30.4 Å². The predicted octanol–water partition coefficient (Wildman–Crippen LogP) is 4.85. The highest BCUT2D eigenvalue weighted by molar-refractivity contribution is 9.10. The van der Waals surface area contributed by atoms with Gasteiger partial charge in [0, 0.05) is 36.8 Å². The van der Waals surface area contributed by atoms with Crippen molar-refractivity contribution in [2.24, 2.45) is 0 Å². The van der Waals surface area contributed by atoms with Crippen LogP contribution in [0.3, 0.4) is 0 Å². The molecule has 0 aliphatic carbocycles. The van der Waals surface area contributed by atoms with Crippen molar-refractivity contribution in [1.29, 1.82) is 0 Å². The molecule has 1 heterocycles. The molecule has 2 aromatic carbocycles. The molecular formula is C19H21BrFN3O. The number of carbonyl (C=O) groups excluding carboxylic acids is 1. The van der Waals surface area contributed by atoms with E-state index in [9.17, 15) is 9.18 Å². The number of urea groups is 1. The normalized spacial score (nSPS) is 13.8. The maximum absolute atomic E-state index is 14.3. The van der Waals surface area contributed by atoms with Gasteiger partial charge in [-0.1, -0.05) is 34.1 Å². The quantitative estimate of drug-likeness (QED) is 0.788. The summed E-state index contributed by atoms with van der Waals surface area (Å²) in [5, 5.41) is 2.75. The molecule has 1 N–H and O–H groups in total. The zero-order valence-corrected chi connectivity index (χ0v) is 15.7. The zero-order valence-electron chi connectivity index (χ0n) is 14.1. The summed E-state index contributed by atoms with van der Waals surface area (Å²) in [6, 6.07) is 12.4. The number of nitrogens with zero attached hydrogens (tertiary/aromatic N) is 2. The monoisotopic (exact) mass is 405 g/mol. The first-order valence-corrected chi connectivity index (χ1v) is 9.14. The van der Waals surface area contributed by atoms with Crippen molar-refractivity contribution < 1.29 is 9.18 Å². The lowest BCUT2D eigenvalue weighted by molar-refractivity contribution is 0.220. The van der Waals surface area contributed by atoms with Crippen LogP contribution in [0, 0.1) is 5.82 Å². The number of benzene rings is 2. The average molecular weight is 406 g/mol. The van der Waals surface area contributed by atoms with Crippen LogP contribution < -0.4 is 10.2 Å². The summed E-state index contributed by atoms with van der Waals surface area (Å²) in [6.07, 6.45) is 2.19. The Labute approximate surface area is 155 Å². The highest BCUT2D eigenvalue weighted by Gasteiger charge is 2.17. The SMILES string of the molecule is CN(Cc1ccccc1Br)C(=O)Nc1ccc(N2CCCC2)c(F)c1. The molecule has 4 nitrogen and oxygen atoms in total. The van der Waals surface area contributed by atoms with Crippen molar-refractivity contribution in [3.05, 3.63) is 58.3 Å². The molecule has 0 aromatic heterocycles. The van der Waals surface area contributed by atoms with E-state index in [-0.39, 0.29) is 11.8 Å². The third-order valence-electron chi connectivity index (χ3n) is 4.36. The molecule has 1 fully saturated rings. The molecule has 2 amide bonds. The molecule has 3 rings (SSSR count). The summed E-state index contributed by atoms with van der Waals surface area (Å²) in [5.41, 5.74) is 2.08. The van der Waals surface area contributed by atoms with E-state index in [1.54, 1.807) is 24.1 Å². The van der Waals surface area contributed by atoms with Crippen LogP contribution in [0.5, 0.6) is 0 Å². The van der Waals surface area contributed by atoms with Crippen LogP contribution in [0.1, 0.15) is 18.4 Å². The maximum atomic E-state index is 14.3. The maximum Gasteiger partial charge on any atom is 0.321 e. The molecule has 1 saturated heterocycles. The Balaban J connectivity index is 1.64. The first-order valence-electron chi connectivity index (χ1n) is 8.34. The van der Waals surface area contributed by atoms with Gasteiger partial charge in [0.1, 0.15) is 5.82 Å². The molecule has 1 aliphatic heterocycles. The Morgan fingerprint density at radius 3 is 2.64 bits per heavy atom. The summed E-state index contributed by atoms with van der Waals surface area (Å²) < 4.78 is 15.3. The minimum Gasteiger partial charge on any atom is -0.369 e. The van der Waals surface area contributed by atoms with Crippen LogP contribution in [0.15, 0.2) is 46.9 Å². The lowest BCUT2D eigenvalue weighted by atomic mass is 10.2. The van der Waals surface area contributed by atoms with Crippen molar-refractivity contribution in [1.82, 2.24) is 4.90 Å². The van der Waals surface area contributed by atoms with Gasteiger partial charge in [-0.15, -0.1) is 0 Å². The molecule has 2 aromatic rings. The minimum atomic E-state index is -0.298. The molecule has 132 valence electrons. The summed E-state index contributed by atoms with van der Waals surface area (Å²) in [7, 11) is 1.71. The number of hydrogen-bond donors (Lipinski definition) is 1. The Morgan fingerprint density at radius 2 is 1.96 bits per heavy atom. The number of nitrogens with one attached hydrogen (secondary N) is 1. The van der Waals surface area contributed by atoms with Crippen LogP contribution in [0.2, 0.25) is 0 Å². The van der Waals surface area contributed by atoms with Gasteiger partial charge in [0.2, 0.25) is 0 Å². The van der Waals surface area contributed by atoms with Crippen LogP contribution in [-0.2, 0) is 6.54 Å². The van der Waals surface area contributed by atoms with Crippen LogP contribution in [-0.4, -0.2) is 31.1 Å². The van der Waals surface area contributed by atoms with Gasteiger partial charge in [-0.25, -0.2) is 9.18 Å². The van der Waals surface area contributed by atoms with Gasteiger partial charge >= 0.3 is 6.03 Å². The van der Waals surface area contributed by atoms with Crippen molar-refractivity contribution in [3.8, 4) is 0 Å². The average Bonchev–Trinajstić information content (AvgIpc) is 3.11. The van der Waals surface area contributed by atoms with Gasteiger partial charge < -0.3 is 15.1 Å². The second-order valence-electron chi connectivity index (χ2n) is 6.24. The van der Waals surface area contributed by atoms with E-state index in [4.69, 9.17) is 0 Å². The van der Waals surface area contributed by atoms with E-state index in [1.807, 2.05) is 29.2 Å². The third-order valence-corrected chi connectivity index (χ3v) is 5.13.